The van der Waals surface area contributed by atoms with Crippen LogP contribution < -0.4 is 0 Å². The predicted octanol–water partition coefficient (Wildman–Crippen LogP) is 4.73. The van der Waals surface area contributed by atoms with Crippen molar-refractivity contribution in [3.8, 4) is 0 Å². The maximum Gasteiger partial charge on any atom is 0.171 e. The number of benzene rings is 2. The highest BCUT2D eigenvalue weighted by atomic mass is 32.1. The van der Waals surface area contributed by atoms with Crippen molar-refractivity contribution in [1.82, 2.24) is 0 Å². The van der Waals surface area contributed by atoms with Gasteiger partial charge in [0.25, 0.3) is 0 Å². The molecule has 0 radical (unpaired) electrons. The van der Waals surface area contributed by atoms with Gasteiger partial charge in [-0.2, -0.15) is 0 Å². The molecule has 2 aromatic carbocycles. The summed E-state index contributed by atoms with van der Waals surface area (Å²) >= 11 is 16.8. The topological polar surface area (TPSA) is 36.9 Å². The molecule has 0 bridgehead atoms. The van der Waals surface area contributed by atoms with Crippen molar-refractivity contribution >= 4 is 84.3 Å². The van der Waals surface area contributed by atoms with Gasteiger partial charge >= 0.3 is 0 Å². The van der Waals surface area contributed by atoms with Gasteiger partial charge in [-0.3, -0.25) is 0 Å². The molecule has 0 aromatic heterocycles. The Hall–Kier alpha value is -1.22. The zero-order valence-corrected chi connectivity index (χ0v) is 17.1. The second-order valence-electron chi connectivity index (χ2n) is 5.48. The Bertz CT molecular complexity index is 805. The van der Waals surface area contributed by atoms with Crippen molar-refractivity contribution in [2.75, 3.05) is 23.8 Å². The Morgan fingerprint density at radius 2 is 0.692 bits per heavy atom. The number of hydrogen-bond acceptors (Lipinski definition) is 8. The summed E-state index contributed by atoms with van der Waals surface area (Å²) in [4.78, 5) is 0. The highest BCUT2D eigenvalue weighted by molar-refractivity contribution is 7.80. The summed E-state index contributed by atoms with van der Waals surface area (Å²) in [6.07, 6.45) is 0. The van der Waals surface area contributed by atoms with Crippen molar-refractivity contribution in [2.24, 2.45) is 0 Å². The van der Waals surface area contributed by atoms with E-state index in [1.165, 1.54) is 0 Å². The van der Waals surface area contributed by atoms with Gasteiger partial charge in [0.2, 0.25) is 0 Å². The van der Waals surface area contributed by atoms with Crippen molar-refractivity contribution in [3.05, 3.63) is 46.5 Å². The molecule has 4 nitrogen and oxygen atoms in total. The molecule has 0 unspecified atom stereocenters. The van der Waals surface area contributed by atoms with Gasteiger partial charge in [-0.25, -0.2) is 0 Å². The molecule has 0 spiro atoms. The molecule has 2 aliphatic carbocycles. The highest BCUT2D eigenvalue weighted by Gasteiger charge is 2.35. The molecule has 0 heterocycles. The van der Waals surface area contributed by atoms with Crippen molar-refractivity contribution < 1.29 is 18.9 Å². The van der Waals surface area contributed by atoms with Gasteiger partial charge in [0.1, 0.15) is 23.8 Å². The highest BCUT2D eigenvalue weighted by Crippen LogP contribution is 2.51. The van der Waals surface area contributed by atoms with E-state index in [1.807, 2.05) is 24.3 Å². The van der Waals surface area contributed by atoms with Gasteiger partial charge in [0.15, 0.2) is 23.0 Å². The first-order valence-corrected chi connectivity index (χ1v) is 10.3. The maximum absolute atomic E-state index is 5.77. The minimum Gasteiger partial charge on any atom is -0.479 e. The molecule has 0 atom stereocenters. The number of hydrogen-bond donors (Lipinski definition) is 4. The molecule has 0 saturated carbocycles. The fraction of sp³-hybridized carbons (Fsp3) is 0.222. The van der Waals surface area contributed by atoms with E-state index in [0.29, 0.717) is 23.0 Å². The Kier molecular flexibility index (Phi) is 5.18. The van der Waals surface area contributed by atoms with Crippen molar-refractivity contribution in [2.45, 2.75) is 0 Å². The third-order valence-electron chi connectivity index (χ3n) is 4.39. The van der Waals surface area contributed by atoms with Crippen LogP contribution in [0.1, 0.15) is 22.3 Å². The quantitative estimate of drug-likeness (QED) is 0.365. The van der Waals surface area contributed by atoms with E-state index in [1.54, 1.807) is 0 Å². The van der Waals surface area contributed by atoms with E-state index in [4.69, 9.17) is 18.9 Å². The van der Waals surface area contributed by atoms with Crippen molar-refractivity contribution in [3.63, 3.8) is 0 Å². The van der Waals surface area contributed by atoms with E-state index in [0.717, 1.165) is 33.0 Å². The summed E-state index contributed by atoms with van der Waals surface area (Å²) in [6, 6.07) is 8.02. The SMILES string of the molecule is SCOC1=C(OCS)c2ccc3c4c(ccc1c24)C(OCS)=C3OCS. The summed E-state index contributed by atoms with van der Waals surface area (Å²) in [7, 11) is 0. The Balaban J connectivity index is 1.98. The van der Waals surface area contributed by atoms with E-state index in [2.05, 4.69) is 50.5 Å². The lowest BCUT2D eigenvalue weighted by Crippen LogP contribution is -1.95. The summed E-state index contributed by atoms with van der Waals surface area (Å²) in [5.41, 5.74) is 3.85. The zero-order chi connectivity index (χ0) is 18.3. The molecular weight excluding hydrogens is 408 g/mol. The zero-order valence-electron chi connectivity index (χ0n) is 13.6. The van der Waals surface area contributed by atoms with Crippen LogP contribution in [0.4, 0.5) is 0 Å². The summed E-state index contributed by atoms with van der Waals surface area (Å²) in [6.45, 7) is 0. The molecule has 26 heavy (non-hydrogen) atoms. The van der Waals surface area contributed by atoms with Crippen molar-refractivity contribution in [1.29, 1.82) is 0 Å². The molecule has 0 aliphatic heterocycles. The largest absolute Gasteiger partial charge is 0.479 e. The smallest absolute Gasteiger partial charge is 0.171 e. The summed E-state index contributed by atoms with van der Waals surface area (Å²) in [5, 5.41) is 2.10. The molecule has 0 saturated heterocycles. The lowest BCUT2D eigenvalue weighted by molar-refractivity contribution is 0.311. The van der Waals surface area contributed by atoms with Gasteiger partial charge in [0.05, 0.1) is 0 Å². The fourth-order valence-corrected chi connectivity index (χ4v) is 4.09. The lowest BCUT2D eigenvalue weighted by atomic mass is 9.98. The summed E-state index contributed by atoms with van der Waals surface area (Å²) < 4.78 is 23.1. The van der Waals surface area contributed by atoms with E-state index < -0.39 is 0 Å². The molecule has 8 heteroatoms. The minimum absolute atomic E-state index is 0.249. The minimum atomic E-state index is 0.249. The van der Waals surface area contributed by atoms with E-state index in [9.17, 15) is 0 Å². The van der Waals surface area contributed by atoms with Crippen LogP contribution in [-0.2, 0) is 18.9 Å². The molecular formula is C18H16O4S4. The first-order chi connectivity index (χ1) is 12.8. The molecule has 4 rings (SSSR count). The number of rotatable bonds is 8. The van der Waals surface area contributed by atoms with E-state index >= 15 is 0 Å². The van der Waals surface area contributed by atoms with Crippen LogP contribution in [0.5, 0.6) is 0 Å². The Morgan fingerprint density at radius 1 is 0.462 bits per heavy atom. The van der Waals surface area contributed by atoms with Gasteiger partial charge in [0, 0.05) is 33.0 Å². The van der Waals surface area contributed by atoms with Gasteiger partial charge in [-0.15, -0.1) is 50.5 Å². The number of ether oxygens (including phenoxy) is 4. The second-order valence-corrected chi connectivity index (χ2v) is 6.51. The van der Waals surface area contributed by atoms with Gasteiger partial charge in [-0.1, -0.05) is 0 Å². The molecule has 2 aromatic rings. The van der Waals surface area contributed by atoms with Crippen LogP contribution in [-0.4, -0.2) is 23.8 Å². The Labute approximate surface area is 173 Å². The fourth-order valence-electron chi connectivity index (χ4n) is 3.57. The lowest BCUT2D eigenvalue weighted by Gasteiger charge is -2.11. The average molecular weight is 425 g/mol. The molecule has 2 aliphatic rings. The maximum atomic E-state index is 5.77. The monoisotopic (exact) mass is 424 g/mol. The molecule has 0 N–H and O–H groups in total. The van der Waals surface area contributed by atoms with Crippen LogP contribution >= 0.6 is 50.5 Å². The predicted molar refractivity (Wildman–Crippen MR) is 117 cm³/mol. The third-order valence-corrected chi connectivity index (χ3v) is 4.90. The van der Waals surface area contributed by atoms with Gasteiger partial charge < -0.3 is 18.9 Å². The van der Waals surface area contributed by atoms with Crippen LogP contribution in [0, 0.1) is 0 Å². The first kappa shape index (κ1) is 18.2. The van der Waals surface area contributed by atoms with Crippen LogP contribution in [0.15, 0.2) is 24.3 Å². The first-order valence-electron chi connectivity index (χ1n) is 7.81. The van der Waals surface area contributed by atoms with E-state index in [-0.39, 0.29) is 23.8 Å². The Morgan fingerprint density at radius 3 is 0.885 bits per heavy atom. The van der Waals surface area contributed by atoms with Crippen LogP contribution in [0.25, 0.3) is 33.8 Å². The molecule has 0 amide bonds. The van der Waals surface area contributed by atoms with Crippen LogP contribution in [0.3, 0.4) is 0 Å². The van der Waals surface area contributed by atoms with Crippen LogP contribution in [0.2, 0.25) is 0 Å². The third kappa shape index (κ3) is 2.58. The second kappa shape index (κ2) is 7.42. The molecule has 136 valence electrons. The van der Waals surface area contributed by atoms with Gasteiger partial charge in [-0.05, 0) is 24.3 Å². The number of thiol groups is 4. The normalized spacial score (nSPS) is 14.5. The molecule has 0 fully saturated rings. The summed E-state index contributed by atoms with van der Waals surface area (Å²) in [5.74, 6) is 3.69. The standard InChI is InChI=1S/C18H16O4S4/c23-5-19-15-9-1-2-10-14-12(18(22-8-26)16(10)20-6-24)4-3-11(13(9)14)17(15)21-7-25/h1-4,23-26H,5-8H2. The average Bonchev–Trinajstić information content (AvgIpc) is 3.10.